The lowest BCUT2D eigenvalue weighted by molar-refractivity contribution is -0.194. The summed E-state index contributed by atoms with van der Waals surface area (Å²) >= 11 is 0. The fraction of sp³-hybridized carbons (Fsp3) is 0.500. The average Bonchev–Trinajstić information content (AvgIpc) is 2.41. The SMILES string of the molecule is CC(C)(C)c1ccc2c(c1)CN(O)C2O. The molecule has 0 aliphatic carbocycles. The second kappa shape index (κ2) is 3.30. The fourth-order valence-corrected chi connectivity index (χ4v) is 1.88. The van der Waals surface area contributed by atoms with Crippen LogP contribution in [0.15, 0.2) is 18.2 Å². The predicted octanol–water partition coefficient (Wildman–Crippen LogP) is 2.18. The van der Waals surface area contributed by atoms with Gasteiger partial charge in [-0.15, -0.1) is 0 Å². The summed E-state index contributed by atoms with van der Waals surface area (Å²) in [4.78, 5) is 0. The van der Waals surface area contributed by atoms with Crippen LogP contribution < -0.4 is 0 Å². The van der Waals surface area contributed by atoms with E-state index < -0.39 is 6.23 Å². The van der Waals surface area contributed by atoms with Gasteiger partial charge in [0, 0.05) is 5.56 Å². The Morgan fingerprint density at radius 2 is 2.00 bits per heavy atom. The lowest BCUT2D eigenvalue weighted by atomic mass is 9.85. The van der Waals surface area contributed by atoms with Crippen molar-refractivity contribution < 1.29 is 10.3 Å². The van der Waals surface area contributed by atoms with E-state index in [9.17, 15) is 10.3 Å². The molecule has 1 aliphatic rings. The minimum atomic E-state index is -0.867. The van der Waals surface area contributed by atoms with E-state index in [-0.39, 0.29) is 5.41 Å². The zero-order chi connectivity index (χ0) is 11.2. The van der Waals surface area contributed by atoms with Crippen molar-refractivity contribution in [3.05, 3.63) is 34.9 Å². The van der Waals surface area contributed by atoms with Gasteiger partial charge in [0.1, 0.15) is 0 Å². The molecule has 1 atom stereocenters. The summed E-state index contributed by atoms with van der Waals surface area (Å²) in [5, 5.41) is 20.0. The number of nitrogens with zero attached hydrogens (tertiary/aromatic N) is 1. The first kappa shape index (κ1) is 10.6. The van der Waals surface area contributed by atoms with Crippen LogP contribution in [-0.2, 0) is 12.0 Å². The maximum absolute atomic E-state index is 9.62. The number of rotatable bonds is 0. The van der Waals surface area contributed by atoms with Crippen molar-refractivity contribution in [3.63, 3.8) is 0 Å². The minimum Gasteiger partial charge on any atom is -0.372 e. The number of aliphatic hydroxyl groups excluding tert-OH is 1. The van der Waals surface area contributed by atoms with Gasteiger partial charge in [0.15, 0.2) is 6.23 Å². The summed E-state index contributed by atoms with van der Waals surface area (Å²) in [5.74, 6) is 0. The molecule has 82 valence electrons. The molecule has 0 radical (unpaired) electrons. The van der Waals surface area contributed by atoms with Gasteiger partial charge in [-0.2, -0.15) is 5.06 Å². The normalized spacial score (nSPS) is 21.8. The van der Waals surface area contributed by atoms with Crippen LogP contribution in [0, 0.1) is 0 Å². The molecule has 1 heterocycles. The maximum atomic E-state index is 9.62. The Kier molecular flexibility index (Phi) is 2.34. The molecule has 2 N–H and O–H groups in total. The van der Waals surface area contributed by atoms with Crippen molar-refractivity contribution in [2.45, 2.75) is 39.0 Å². The number of benzene rings is 1. The number of aliphatic hydroxyl groups is 1. The number of hydrogen-bond donors (Lipinski definition) is 2. The van der Waals surface area contributed by atoms with Crippen LogP contribution in [0.3, 0.4) is 0 Å². The van der Waals surface area contributed by atoms with Crippen LogP contribution in [-0.4, -0.2) is 15.4 Å². The van der Waals surface area contributed by atoms with Crippen molar-refractivity contribution in [1.82, 2.24) is 5.06 Å². The molecule has 0 aromatic heterocycles. The Morgan fingerprint density at radius 3 is 2.60 bits per heavy atom. The van der Waals surface area contributed by atoms with Crippen molar-refractivity contribution in [1.29, 1.82) is 0 Å². The second-order valence-corrected chi connectivity index (χ2v) is 5.13. The quantitative estimate of drug-likeness (QED) is 0.685. The molecule has 0 saturated heterocycles. The number of fused-ring (bicyclic) bond motifs is 1. The molecule has 15 heavy (non-hydrogen) atoms. The Hall–Kier alpha value is -0.900. The molecule has 0 saturated carbocycles. The first-order valence-electron chi connectivity index (χ1n) is 5.16. The molecule has 0 fully saturated rings. The number of hydroxylamine groups is 2. The van der Waals surface area contributed by atoms with Crippen LogP contribution in [0.2, 0.25) is 0 Å². The van der Waals surface area contributed by atoms with Crippen LogP contribution in [0.25, 0.3) is 0 Å². The number of hydrogen-bond acceptors (Lipinski definition) is 3. The standard InChI is InChI=1S/C12H17NO2/c1-12(2,3)9-4-5-10-8(6-9)7-13(15)11(10)14/h4-6,11,14-15H,7H2,1-3H3. The molecule has 0 spiro atoms. The molecule has 1 unspecified atom stereocenters. The molecule has 0 bridgehead atoms. The molecular formula is C12H17NO2. The van der Waals surface area contributed by atoms with Gasteiger partial charge in [-0.05, 0) is 16.5 Å². The van der Waals surface area contributed by atoms with Gasteiger partial charge in [-0.1, -0.05) is 39.0 Å². The van der Waals surface area contributed by atoms with Crippen molar-refractivity contribution in [3.8, 4) is 0 Å². The van der Waals surface area contributed by atoms with Gasteiger partial charge >= 0.3 is 0 Å². The molecule has 1 aromatic carbocycles. The van der Waals surface area contributed by atoms with E-state index in [1.807, 2.05) is 12.1 Å². The smallest absolute Gasteiger partial charge is 0.156 e. The zero-order valence-electron chi connectivity index (χ0n) is 9.36. The van der Waals surface area contributed by atoms with Gasteiger partial charge in [-0.3, -0.25) is 0 Å². The van der Waals surface area contributed by atoms with Gasteiger partial charge in [0.05, 0.1) is 6.54 Å². The first-order chi connectivity index (χ1) is 6.89. The Morgan fingerprint density at radius 1 is 1.33 bits per heavy atom. The van der Waals surface area contributed by atoms with E-state index in [2.05, 4.69) is 26.8 Å². The van der Waals surface area contributed by atoms with E-state index in [0.29, 0.717) is 6.54 Å². The molecule has 1 aromatic rings. The highest BCUT2D eigenvalue weighted by molar-refractivity contribution is 5.38. The van der Waals surface area contributed by atoms with Crippen LogP contribution >= 0.6 is 0 Å². The summed E-state index contributed by atoms with van der Waals surface area (Å²) in [5.41, 5.74) is 3.15. The summed E-state index contributed by atoms with van der Waals surface area (Å²) < 4.78 is 0. The fourth-order valence-electron chi connectivity index (χ4n) is 1.88. The maximum Gasteiger partial charge on any atom is 0.156 e. The largest absolute Gasteiger partial charge is 0.372 e. The second-order valence-electron chi connectivity index (χ2n) is 5.13. The lowest BCUT2D eigenvalue weighted by Crippen LogP contribution is -2.16. The van der Waals surface area contributed by atoms with Crippen molar-refractivity contribution in [2.75, 3.05) is 0 Å². The monoisotopic (exact) mass is 207 g/mol. The van der Waals surface area contributed by atoms with E-state index in [1.54, 1.807) is 0 Å². The average molecular weight is 207 g/mol. The highest BCUT2D eigenvalue weighted by atomic mass is 16.5. The minimum absolute atomic E-state index is 0.100. The molecule has 3 heteroatoms. The first-order valence-corrected chi connectivity index (χ1v) is 5.16. The van der Waals surface area contributed by atoms with E-state index in [0.717, 1.165) is 16.2 Å². The van der Waals surface area contributed by atoms with E-state index in [1.165, 1.54) is 5.56 Å². The van der Waals surface area contributed by atoms with Gasteiger partial charge < -0.3 is 10.3 Å². The van der Waals surface area contributed by atoms with Crippen molar-refractivity contribution >= 4 is 0 Å². The summed E-state index contributed by atoms with van der Waals surface area (Å²) in [6.07, 6.45) is -0.867. The van der Waals surface area contributed by atoms with Gasteiger partial charge in [-0.25, -0.2) is 0 Å². The third kappa shape index (κ3) is 1.78. The zero-order valence-corrected chi connectivity index (χ0v) is 9.36. The third-order valence-electron chi connectivity index (χ3n) is 2.90. The molecule has 1 aliphatic heterocycles. The van der Waals surface area contributed by atoms with Gasteiger partial charge in [0.25, 0.3) is 0 Å². The molecule has 3 nitrogen and oxygen atoms in total. The van der Waals surface area contributed by atoms with Crippen molar-refractivity contribution in [2.24, 2.45) is 0 Å². The Bertz CT molecular complexity index is 382. The summed E-state index contributed by atoms with van der Waals surface area (Å²) in [6, 6.07) is 5.98. The van der Waals surface area contributed by atoms with E-state index >= 15 is 0 Å². The van der Waals surface area contributed by atoms with Crippen LogP contribution in [0.4, 0.5) is 0 Å². The molecular weight excluding hydrogens is 190 g/mol. The lowest BCUT2D eigenvalue weighted by Gasteiger charge is -2.19. The topological polar surface area (TPSA) is 43.7 Å². The molecule has 2 rings (SSSR count). The van der Waals surface area contributed by atoms with Crippen LogP contribution in [0.1, 0.15) is 43.7 Å². The summed E-state index contributed by atoms with van der Waals surface area (Å²) in [6.45, 7) is 6.85. The Labute approximate surface area is 89.9 Å². The Balaban J connectivity index is 2.42. The van der Waals surface area contributed by atoms with Crippen LogP contribution in [0.5, 0.6) is 0 Å². The third-order valence-corrected chi connectivity index (χ3v) is 2.90. The summed E-state index contributed by atoms with van der Waals surface area (Å²) in [7, 11) is 0. The highest BCUT2D eigenvalue weighted by Gasteiger charge is 2.28. The highest BCUT2D eigenvalue weighted by Crippen LogP contribution is 2.33. The van der Waals surface area contributed by atoms with E-state index in [4.69, 9.17) is 0 Å². The predicted molar refractivity (Wildman–Crippen MR) is 57.4 cm³/mol. The molecule has 0 amide bonds. The van der Waals surface area contributed by atoms with Gasteiger partial charge in [0.2, 0.25) is 0 Å².